The summed E-state index contributed by atoms with van der Waals surface area (Å²) >= 11 is 0. The van der Waals surface area contributed by atoms with E-state index in [2.05, 4.69) is 10.3 Å². The van der Waals surface area contributed by atoms with E-state index in [1.54, 1.807) is 0 Å². The first-order valence-corrected chi connectivity index (χ1v) is 4.96. The number of nitrogens with two attached hydrogens (primary N) is 1. The van der Waals surface area contributed by atoms with Crippen LogP contribution < -0.4 is 11.1 Å². The highest BCUT2D eigenvalue weighted by Gasteiger charge is 2.24. The van der Waals surface area contributed by atoms with E-state index in [1.165, 1.54) is 0 Å². The molecule has 2 atom stereocenters. The molecule has 0 radical (unpaired) electrons. The molecule has 4 nitrogen and oxygen atoms in total. The Morgan fingerprint density at radius 1 is 1.62 bits per heavy atom. The highest BCUT2D eigenvalue weighted by molar-refractivity contribution is 5.77. The number of aliphatic hydroxyl groups excluding tert-OH is 1. The third-order valence-electron chi connectivity index (χ3n) is 2.47. The van der Waals surface area contributed by atoms with Gasteiger partial charge in [0.2, 0.25) is 0 Å². The van der Waals surface area contributed by atoms with Crippen LogP contribution in [0.5, 0.6) is 0 Å². The molecule has 2 unspecified atom stereocenters. The summed E-state index contributed by atoms with van der Waals surface area (Å²) in [7, 11) is 0. The molecule has 0 aromatic rings. The van der Waals surface area contributed by atoms with Crippen LogP contribution in [0.1, 0.15) is 26.2 Å². The molecule has 1 rings (SSSR count). The second-order valence-electron chi connectivity index (χ2n) is 3.51. The second kappa shape index (κ2) is 5.07. The number of hydrogen-bond donors (Lipinski definition) is 3. The molecule has 0 amide bonds. The molecule has 0 saturated heterocycles. The Morgan fingerprint density at radius 2 is 2.38 bits per heavy atom. The Balaban J connectivity index is 2.27. The summed E-state index contributed by atoms with van der Waals surface area (Å²) in [4.78, 5) is 4.17. The molecular weight excluding hydrogens is 166 g/mol. The molecule has 4 heteroatoms. The van der Waals surface area contributed by atoms with E-state index in [-0.39, 0.29) is 6.10 Å². The topological polar surface area (TPSA) is 70.6 Å². The Bertz CT molecular complexity index is 182. The van der Waals surface area contributed by atoms with Crippen LogP contribution in [-0.2, 0) is 0 Å². The largest absolute Gasteiger partial charge is 0.393 e. The summed E-state index contributed by atoms with van der Waals surface area (Å²) in [6, 6.07) is 0. The van der Waals surface area contributed by atoms with Crippen molar-refractivity contribution in [2.45, 2.75) is 32.3 Å². The molecule has 76 valence electrons. The fourth-order valence-corrected chi connectivity index (χ4v) is 1.68. The Morgan fingerprint density at radius 3 is 2.92 bits per heavy atom. The van der Waals surface area contributed by atoms with Crippen molar-refractivity contribution in [3.63, 3.8) is 0 Å². The molecule has 0 spiro atoms. The van der Waals surface area contributed by atoms with Crippen molar-refractivity contribution in [2.75, 3.05) is 13.1 Å². The molecule has 13 heavy (non-hydrogen) atoms. The molecule has 0 heterocycles. The van der Waals surface area contributed by atoms with Crippen LogP contribution in [0, 0.1) is 5.92 Å². The molecule has 0 aromatic carbocycles. The SMILES string of the molecule is CCNC(N)=NCC1CCCC1O. The van der Waals surface area contributed by atoms with Crippen LogP contribution in [0.15, 0.2) is 4.99 Å². The fraction of sp³-hybridized carbons (Fsp3) is 0.889. The Labute approximate surface area is 79.2 Å². The number of aliphatic imine (C=N–C) groups is 1. The molecule has 0 aromatic heterocycles. The van der Waals surface area contributed by atoms with E-state index >= 15 is 0 Å². The number of aliphatic hydroxyl groups is 1. The van der Waals surface area contributed by atoms with E-state index < -0.39 is 0 Å². The van der Waals surface area contributed by atoms with Crippen LogP contribution in [0.3, 0.4) is 0 Å². The fourth-order valence-electron chi connectivity index (χ4n) is 1.68. The number of hydrogen-bond acceptors (Lipinski definition) is 2. The van der Waals surface area contributed by atoms with Gasteiger partial charge >= 0.3 is 0 Å². The number of rotatable bonds is 3. The lowest BCUT2D eigenvalue weighted by atomic mass is 10.1. The molecule has 0 bridgehead atoms. The van der Waals surface area contributed by atoms with E-state index in [9.17, 15) is 5.11 Å². The summed E-state index contributed by atoms with van der Waals surface area (Å²) in [6.07, 6.45) is 2.94. The van der Waals surface area contributed by atoms with E-state index in [4.69, 9.17) is 5.73 Å². The summed E-state index contributed by atoms with van der Waals surface area (Å²) < 4.78 is 0. The van der Waals surface area contributed by atoms with Gasteiger partial charge < -0.3 is 16.2 Å². The smallest absolute Gasteiger partial charge is 0.188 e. The highest BCUT2D eigenvalue weighted by atomic mass is 16.3. The van der Waals surface area contributed by atoms with Crippen LogP contribution in [0.2, 0.25) is 0 Å². The zero-order valence-corrected chi connectivity index (χ0v) is 8.16. The van der Waals surface area contributed by atoms with E-state index in [0.717, 1.165) is 25.8 Å². The first-order valence-electron chi connectivity index (χ1n) is 4.96. The minimum atomic E-state index is -0.168. The zero-order valence-electron chi connectivity index (χ0n) is 8.16. The normalized spacial score (nSPS) is 29.2. The van der Waals surface area contributed by atoms with Gasteiger partial charge in [-0.05, 0) is 19.8 Å². The van der Waals surface area contributed by atoms with Gasteiger partial charge in [-0.2, -0.15) is 0 Å². The minimum Gasteiger partial charge on any atom is -0.393 e. The summed E-state index contributed by atoms with van der Waals surface area (Å²) in [5, 5.41) is 12.4. The van der Waals surface area contributed by atoms with Crippen molar-refractivity contribution < 1.29 is 5.11 Å². The quantitative estimate of drug-likeness (QED) is 0.430. The molecule has 0 aliphatic heterocycles. The van der Waals surface area contributed by atoms with Gasteiger partial charge in [0.25, 0.3) is 0 Å². The average molecular weight is 185 g/mol. The first-order chi connectivity index (χ1) is 6.24. The summed E-state index contributed by atoms with van der Waals surface area (Å²) in [5.41, 5.74) is 5.57. The lowest BCUT2D eigenvalue weighted by Gasteiger charge is -2.11. The van der Waals surface area contributed by atoms with Crippen molar-refractivity contribution in [3.8, 4) is 0 Å². The maximum absolute atomic E-state index is 9.50. The minimum absolute atomic E-state index is 0.168. The summed E-state index contributed by atoms with van der Waals surface area (Å²) in [5.74, 6) is 0.804. The van der Waals surface area contributed by atoms with Gasteiger partial charge in [-0.1, -0.05) is 6.42 Å². The molecule has 1 aliphatic carbocycles. The Kier molecular flexibility index (Phi) is 4.02. The van der Waals surface area contributed by atoms with Crippen LogP contribution in [-0.4, -0.2) is 30.3 Å². The molecular formula is C9H19N3O. The van der Waals surface area contributed by atoms with Crippen LogP contribution in [0.25, 0.3) is 0 Å². The molecule has 1 fully saturated rings. The molecule has 4 N–H and O–H groups in total. The maximum Gasteiger partial charge on any atom is 0.188 e. The third-order valence-corrected chi connectivity index (χ3v) is 2.47. The molecule has 1 saturated carbocycles. The predicted molar refractivity (Wildman–Crippen MR) is 53.5 cm³/mol. The predicted octanol–water partition coefficient (Wildman–Crippen LogP) is 0.0716. The highest BCUT2D eigenvalue weighted by Crippen LogP contribution is 2.25. The van der Waals surface area contributed by atoms with Gasteiger partial charge in [-0.3, -0.25) is 4.99 Å². The number of nitrogens with one attached hydrogen (secondary N) is 1. The second-order valence-corrected chi connectivity index (χ2v) is 3.51. The lowest BCUT2D eigenvalue weighted by molar-refractivity contribution is 0.136. The maximum atomic E-state index is 9.50. The number of nitrogens with zero attached hydrogens (tertiary/aromatic N) is 1. The lowest BCUT2D eigenvalue weighted by Crippen LogP contribution is -2.32. The standard InChI is InChI=1S/C9H19N3O/c1-2-11-9(10)12-6-7-4-3-5-8(7)13/h7-8,13H,2-6H2,1H3,(H3,10,11,12). The van der Waals surface area contributed by atoms with Gasteiger partial charge in [0.15, 0.2) is 5.96 Å². The zero-order chi connectivity index (χ0) is 9.68. The van der Waals surface area contributed by atoms with Crippen molar-refractivity contribution in [3.05, 3.63) is 0 Å². The average Bonchev–Trinajstić information content (AvgIpc) is 2.48. The van der Waals surface area contributed by atoms with Crippen molar-refractivity contribution >= 4 is 5.96 Å². The van der Waals surface area contributed by atoms with E-state index in [1.807, 2.05) is 6.92 Å². The van der Waals surface area contributed by atoms with Gasteiger partial charge in [0.05, 0.1) is 6.10 Å². The first kappa shape index (κ1) is 10.3. The molecule has 1 aliphatic rings. The summed E-state index contributed by atoms with van der Waals surface area (Å²) in [6.45, 7) is 3.43. The van der Waals surface area contributed by atoms with Gasteiger partial charge in [0, 0.05) is 19.0 Å². The van der Waals surface area contributed by atoms with Crippen LogP contribution in [0.4, 0.5) is 0 Å². The third kappa shape index (κ3) is 3.22. The van der Waals surface area contributed by atoms with Gasteiger partial charge in [0.1, 0.15) is 0 Å². The van der Waals surface area contributed by atoms with Crippen molar-refractivity contribution in [1.82, 2.24) is 5.32 Å². The van der Waals surface area contributed by atoms with Crippen molar-refractivity contribution in [2.24, 2.45) is 16.6 Å². The van der Waals surface area contributed by atoms with E-state index in [0.29, 0.717) is 18.4 Å². The Hall–Kier alpha value is -0.770. The van der Waals surface area contributed by atoms with Gasteiger partial charge in [-0.25, -0.2) is 0 Å². The van der Waals surface area contributed by atoms with Crippen LogP contribution >= 0.6 is 0 Å². The van der Waals surface area contributed by atoms with Gasteiger partial charge in [-0.15, -0.1) is 0 Å². The monoisotopic (exact) mass is 185 g/mol. The van der Waals surface area contributed by atoms with Crippen molar-refractivity contribution in [1.29, 1.82) is 0 Å². The number of guanidine groups is 1.